The molecule has 1 unspecified atom stereocenters. The van der Waals surface area contributed by atoms with Crippen molar-refractivity contribution < 1.29 is 28.4 Å². The Labute approximate surface area is 212 Å². The monoisotopic (exact) mass is 500 g/mol. The van der Waals surface area contributed by atoms with Crippen LogP contribution in [0.3, 0.4) is 0 Å². The molecule has 0 saturated heterocycles. The number of hydrogen-bond acceptors (Lipinski definition) is 7. The van der Waals surface area contributed by atoms with Gasteiger partial charge in [-0.25, -0.2) is 0 Å². The number of ketones is 1. The van der Waals surface area contributed by atoms with Gasteiger partial charge in [0.05, 0.1) is 19.3 Å². The summed E-state index contributed by atoms with van der Waals surface area (Å²) in [7, 11) is 0. The van der Waals surface area contributed by atoms with Crippen LogP contribution in [-0.4, -0.2) is 29.3 Å². The summed E-state index contributed by atoms with van der Waals surface area (Å²) in [5.74, 6) is -0.553. The molecule has 188 valence electrons. The van der Waals surface area contributed by atoms with Gasteiger partial charge in [0.15, 0.2) is 11.5 Å². The second kappa shape index (κ2) is 12.3. The van der Waals surface area contributed by atoms with Crippen LogP contribution >= 0.6 is 0 Å². The molecule has 9 nitrogen and oxygen atoms in total. The van der Waals surface area contributed by atoms with Crippen molar-refractivity contribution in [2.75, 3.05) is 6.61 Å². The van der Waals surface area contributed by atoms with E-state index in [1.807, 2.05) is 60.7 Å². The molecule has 1 heterocycles. The zero-order chi connectivity index (χ0) is 26.0. The Bertz CT molecular complexity index is 1340. The van der Waals surface area contributed by atoms with E-state index < -0.39 is 22.8 Å². The minimum atomic E-state index is -0.999. The quantitative estimate of drug-likeness (QED) is 0.212. The summed E-state index contributed by atoms with van der Waals surface area (Å²) in [6, 6.07) is 27.1. The van der Waals surface area contributed by atoms with Crippen molar-refractivity contribution in [2.24, 2.45) is 0 Å². The lowest BCUT2D eigenvalue weighted by Crippen LogP contribution is -2.44. The van der Waals surface area contributed by atoms with Gasteiger partial charge in [0.2, 0.25) is 0 Å². The van der Waals surface area contributed by atoms with Crippen LogP contribution < -0.4 is 10.1 Å². The maximum atomic E-state index is 13.1. The predicted molar refractivity (Wildman–Crippen MR) is 134 cm³/mol. The number of carbonyl (C=O) groups is 2. The molecule has 1 amide bonds. The Morgan fingerprint density at radius 2 is 1.49 bits per heavy atom. The third kappa shape index (κ3) is 7.36. The Kier molecular flexibility index (Phi) is 8.41. The lowest BCUT2D eigenvalue weighted by atomic mass is 10.0. The third-order valence-electron chi connectivity index (χ3n) is 5.37. The number of nitro groups is 1. The fraction of sp³-hybridized carbons (Fsp3) is 0.143. The van der Waals surface area contributed by atoms with Crippen molar-refractivity contribution in [3.05, 3.63) is 124 Å². The van der Waals surface area contributed by atoms with E-state index >= 15 is 0 Å². The van der Waals surface area contributed by atoms with E-state index in [-0.39, 0.29) is 31.2 Å². The Morgan fingerprint density at radius 1 is 0.838 bits per heavy atom. The van der Waals surface area contributed by atoms with Gasteiger partial charge < -0.3 is 19.2 Å². The van der Waals surface area contributed by atoms with E-state index in [0.29, 0.717) is 11.5 Å². The molecule has 0 saturated carbocycles. The van der Waals surface area contributed by atoms with Gasteiger partial charge in [0.1, 0.15) is 22.5 Å². The number of nitrogens with zero attached hydrogens (tertiary/aromatic N) is 1. The first kappa shape index (κ1) is 25.3. The van der Waals surface area contributed by atoms with Gasteiger partial charge >= 0.3 is 5.88 Å². The molecule has 3 aromatic carbocycles. The molecular formula is C28H24N2O7. The van der Waals surface area contributed by atoms with Crippen LogP contribution in [0.15, 0.2) is 101 Å². The van der Waals surface area contributed by atoms with E-state index in [1.165, 1.54) is 6.07 Å². The van der Waals surface area contributed by atoms with Gasteiger partial charge in [-0.3, -0.25) is 19.7 Å². The smallest absolute Gasteiger partial charge is 0.433 e. The number of amides is 1. The number of carbonyl (C=O) groups excluding carboxylic acids is 2. The average Bonchev–Trinajstić information content (AvgIpc) is 3.42. The highest BCUT2D eigenvalue weighted by molar-refractivity contribution is 5.96. The highest BCUT2D eigenvalue weighted by Crippen LogP contribution is 2.21. The summed E-state index contributed by atoms with van der Waals surface area (Å²) >= 11 is 0. The van der Waals surface area contributed by atoms with Crippen molar-refractivity contribution in [1.29, 1.82) is 0 Å². The molecule has 0 fully saturated rings. The minimum absolute atomic E-state index is 0.0313. The average molecular weight is 501 g/mol. The number of hydrogen-bond donors (Lipinski definition) is 1. The number of ether oxygens (including phenoxy) is 2. The SMILES string of the molecule is O=C(NC(COCc1ccccc1)C(=O)Cc1ccc(Oc2ccccc2)cc1)c1ccc([N+](=O)[O-])o1. The van der Waals surface area contributed by atoms with Crippen molar-refractivity contribution in [3.63, 3.8) is 0 Å². The van der Waals surface area contributed by atoms with Crippen molar-refractivity contribution >= 4 is 17.6 Å². The van der Waals surface area contributed by atoms with E-state index in [1.54, 1.807) is 24.3 Å². The third-order valence-corrected chi connectivity index (χ3v) is 5.37. The van der Waals surface area contributed by atoms with Crippen molar-refractivity contribution in [3.8, 4) is 11.5 Å². The van der Waals surface area contributed by atoms with Crippen LogP contribution in [-0.2, 0) is 22.6 Å². The first-order chi connectivity index (χ1) is 18.0. The molecule has 4 rings (SSSR count). The van der Waals surface area contributed by atoms with E-state index in [2.05, 4.69) is 5.32 Å². The van der Waals surface area contributed by atoms with Gasteiger partial charge in [0.25, 0.3) is 5.91 Å². The normalized spacial score (nSPS) is 11.5. The van der Waals surface area contributed by atoms with E-state index in [9.17, 15) is 19.7 Å². The highest BCUT2D eigenvalue weighted by Gasteiger charge is 2.25. The molecule has 0 radical (unpaired) electrons. The molecule has 37 heavy (non-hydrogen) atoms. The number of para-hydroxylation sites is 1. The highest BCUT2D eigenvalue weighted by atomic mass is 16.6. The second-order valence-electron chi connectivity index (χ2n) is 8.12. The lowest BCUT2D eigenvalue weighted by molar-refractivity contribution is -0.402. The summed E-state index contributed by atoms with van der Waals surface area (Å²) in [6.45, 7) is 0.162. The summed E-state index contributed by atoms with van der Waals surface area (Å²) in [6.07, 6.45) is 0.0313. The van der Waals surface area contributed by atoms with E-state index in [0.717, 1.165) is 17.2 Å². The molecule has 0 aliphatic rings. The van der Waals surface area contributed by atoms with Crippen LogP contribution in [0.2, 0.25) is 0 Å². The number of benzene rings is 3. The Balaban J connectivity index is 1.41. The number of Topliss-reactive ketones (excluding diaryl/α,β-unsaturated/α-hetero) is 1. The molecule has 0 aliphatic carbocycles. The summed E-state index contributed by atoms with van der Waals surface area (Å²) in [5, 5.41) is 13.5. The molecule has 1 N–H and O–H groups in total. The van der Waals surface area contributed by atoms with Crippen LogP contribution in [0, 0.1) is 10.1 Å². The van der Waals surface area contributed by atoms with Crippen LogP contribution in [0.4, 0.5) is 5.88 Å². The standard InChI is InChI=1S/C28H24N2O7/c31-25(17-20-11-13-23(14-12-20)36-22-9-5-2-6-10-22)24(19-35-18-21-7-3-1-4-8-21)29-28(32)26-15-16-27(37-26)30(33)34/h1-16,24H,17-19H2,(H,29,32). The molecule has 0 spiro atoms. The first-order valence-electron chi connectivity index (χ1n) is 11.5. The van der Waals surface area contributed by atoms with Gasteiger partial charge in [-0.1, -0.05) is 60.7 Å². The lowest BCUT2D eigenvalue weighted by Gasteiger charge is -2.17. The minimum Gasteiger partial charge on any atom is -0.457 e. The summed E-state index contributed by atoms with van der Waals surface area (Å²) in [5.41, 5.74) is 1.64. The summed E-state index contributed by atoms with van der Waals surface area (Å²) in [4.78, 5) is 35.9. The second-order valence-corrected chi connectivity index (χ2v) is 8.12. The zero-order valence-corrected chi connectivity index (χ0v) is 19.7. The number of nitrogens with one attached hydrogen (secondary N) is 1. The summed E-state index contributed by atoms with van der Waals surface area (Å²) < 4.78 is 16.5. The molecule has 4 aromatic rings. The van der Waals surface area contributed by atoms with Gasteiger partial charge in [-0.2, -0.15) is 0 Å². The van der Waals surface area contributed by atoms with Crippen LogP contribution in [0.5, 0.6) is 11.5 Å². The van der Waals surface area contributed by atoms with Crippen molar-refractivity contribution in [2.45, 2.75) is 19.1 Å². The zero-order valence-electron chi connectivity index (χ0n) is 19.7. The Morgan fingerprint density at radius 3 is 2.14 bits per heavy atom. The van der Waals surface area contributed by atoms with E-state index in [4.69, 9.17) is 13.9 Å². The molecule has 1 atom stereocenters. The fourth-order valence-electron chi connectivity index (χ4n) is 3.49. The van der Waals surface area contributed by atoms with Crippen molar-refractivity contribution in [1.82, 2.24) is 5.32 Å². The largest absolute Gasteiger partial charge is 0.457 e. The molecule has 9 heteroatoms. The fourth-order valence-corrected chi connectivity index (χ4v) is 3.49. The molecule has 0 bridgehead atoms. The van der Waals surface area contributed by atoms with Gasteiger partial charge in [-0.05, 0) is 41.5 Å². The maximum Gasteiger partial charge on any atom is 0.433 e. The van der Waals surface area contributed by atoms with Crippen LogP contribution in [0.1, 0.15) is 21.7 Å². The predicted octanol–water partition coefficient (Wildman–Crippen LogP) is 5.11. The maximum absolute atomic E-state index is 13.1. The number of furan rings is 1. The molecule has 0 aliphatic heterocycles. The topological polar surface area (TPSA) is 121 Å². The van der Waals surface area contributed by atoms with Gasteiger partial charge in [-0.15, -0.1) is 0 Å². The molecule has 1 aromatic heterocycles. The first-order valence-corrected chi connectivity index (χ1v) is 11.5. The van der Waals surface area contributed by atoms with Gasteiger partial charge in [0, 0.05) is 6.42 Å². The molecular weight excluding hydrogens is 476 g/mol. The number of rotatable bonds is 12. The van der Waals surface area contributed by atoms with Crippen LogP contribution in [0.25, 0.3) is 0 Å². The Hall–Kier alpha value is -4.76.